The molecule has 3 aromatic carbocycles. The average molecular weight is 555 g/mol. The molecule has 0 bridgehead atoms. The molecule has 10 heteroatoms. The van der Waals surface area contributed by atoms with E-state index in [9.17, 15) is 9.59 Å². The summed E-state index contributed by atoms with van der Waals surface area (Å²) in [4.78, 5) is 24.7. The zero-order valence-electron chi connectivity index (χ0n) is 19.8. The maximum Gasteiger partial charge on any atom is 0.343 e. The highest BCUT2D eigenvalue weighted by Crippen LogP contribution is 2.34. The number of nitrogens with one attached hydrogen (secondary N) is 1. The van der Waals surface area contributed by atoms with Gasteiger partial charge in [-0.25, -0.2) is 10.2 Å². The number of hydrazone groups is 1. The zero-order chi connectivity index (χ0) is 25.7. The number of nitrogens with zero attached hydrogens (tertiary/aromatic N) is 1. The minimum Gasteiger partial charge on any atom is -0.493 e. The smallest absolute Gasteiger partial charge is 0.343 e. The molecule has 186 valence electrons. The average Bonchev–Trinajstić information content (AvgIpc) is 3.32. The summed E-state index contributed by atoms with van der Waals surface area (Å²) >= 11 is 3.43. The summed E-state index contributed by atoms with van der Waals surface area (Å²) in [6.07, 6.45) is 1.44. The van der Waals surface area contributed by atoms with Crippen molar-refractivity contribution in [2.24, 2.45) is 5.10 Å². The van der Waals surface area contributed by atoms with Gasteiger partial charge in [0.1, 0.15) is 5.75 Å². The molecule has 0 saturated heterocycles. The summed E-state index contributed by atoms with van der Waals surface area (Å²) < 4.78 is 28.0. The van der Waals surface area contributed by atoms with Gasteiger partial charge in [0.15, 0.2) is 29.6 Å². The molecular formula is C26H23BrN2O7. The third-order valence-corrected chi connectivity index (χ3v) is 5.63. The number of hydrogen-bond donors (Lipinski definition) is 1. The Labute approximate surface area is 216 Å². The number of carbonyl (C=O) groups excluding carboxylic acids is 2. The number of amides is 1. The Kier molecular flexibility index (Phi) is 7.74. The summed E-state index contributed by atoms with van der Waals surface area (Å²) in [7, 11) is 1.46. The summed E-state index contributed by atoms with van der Waals surface area (Å²) in [6, 6.07) is 13.5. The number of methoxy groups -OCH3 is 1. The Morgan fingerprint density at radius 1 is 1.03 bits per heavy atom. The fraction of sp³-hybridized carbons (Fsp3) is 0.192. The van der Waals surface area contributed by atoms with Gasteiger partial charge in [0.2, 0.25) is 6.79 Å². The summed E-state index contributed by atoms with van der Waals surface area (Å²) in [5, 5.41) is 3.96. The molecule has 0 fully saturated rings. The third-order valence-electron chi connectivity index (χ3n) is 5.17. The van der Waals surface area contributed by atoms with Gasteiger partial charge in [0, 0.05) is 4.47 Å². The number of esters is 1. The molecule has 0 radical (unpaired) electrons. The molecule has 3 aromatic rings. The highest BCUT2D eigenvalue weighted by atomic mass is 79.9. The second kappa shape index (κ2) is 11.1. The first kappa shape index (κ1) is 25.1. The predicted molar refractivity (Wildman–Crippen MR) is 135 cm³/mol. The van der Waals surface area contributed by atoms with Crippen LogP contribution in [0.2, 0.25) is 0 Å². The molecule has 1 aliphatic rings. The molecule has 0 aromatic heterocycles. The van der Waals surface area contributed by atoms with E-state index in [2.05, 4.69) is 26.5 Å². The Balaban J connectivity index is 1.34. The van der Waals surface area contributed by atoms with Gasteiger partial charge < -0.3 is 23.7 Å². The van der Waals surface area contributed by atoms with Gasteiger partial charge in [0.05, 0.1) is 18.9 Å². The fourth-order valence-corrected chi connectivity index (χ4v) is 4.19. The van der Waals surface area contributed by atoms with Gasteiger partial charge in [-0.15, -0.1) is 0 Å². The fourth-order valence-electron chi connectivity index (χ4n) is 3.50. The first-order valence-electron chi connectivity index (χ1n) is 10.9. The monoisotopic (exact) mass is 554 g/mol. The number of ether oxygens (including phenoxy) is 5. The standard InChI is InChI=1S/C26H23BrN2O7/c1-15-8-19(27)9-16(2)25(15)33-13-24(30)29-28-12-17-4-6-21(22(10-17)32-3)36-26(31)18-5-7-20-23(11-18)35-14-34-20/h4-12H,13-14H2,1-3H3,(H,29,30). The lowest BCUT2D eigenvalue weighted by molar-refractivity contribution is -0.123. The molecule has 4 rings (SSSR count). The van der Waals surface area contributed by atoms with Crippen LogP contribution in [0.1, 0.15) is 27.0 Å². The van der Waals surface area contributed by atoms with Crippen LogP contribution in [0.3, 0.4) is 0 Å². The summed E-state index contributed by atoms with van der Waals surface area (Å²) in [6.45, 7) is 3.75. The van der Waals surface area contributed by atoms with Gasteiger partial charge in [-0.1, -0.05) is 15.9 Å². The molecular weight excluding hydrogens is 532 g/mol. The number of halogens is 1. The van der Waals surface area contributed by atoms with Crippen molar-refractivity contribution in [2.75, 3.05) is 20.5 Å². The Morgan fingerprint density at radius 3 is 2.53 bits per heavy atom. The van der Waals surface area contributed by atoms with Gasteiger partial charge >= 0.3 is 5.97 Å². The van der Waals surface area contributed by atoms with E-state index >= 15 is 0 Å². The molecule has 0 atom stereocenters. The number of carbonyl (C=O) groups is 2. The van der Waals surface area contributed by atoms with Crippen LogP contribution >= 0.6 is 15.9 Å². The number of hydrogen-bond acceptors (Lipinski definition) is 8. The third kappa shape index (κ3) is 5.95. The Morgan fingerprint density at radius 2 is 1.78 bits per heavy atom. The van der Waals surface area contributed by atoms with Crippen molar-refractivity contribution < 1.29 is 33.3 Å². The molecule has 1 amide bonds. The Hall–Kier alpha value is -4.05. The van der Waals surface area contributed by atoms with Crippen LogP contribution in [0.4, 0.5) is 0 Å². The van der Waals surface area contributed by atoms with Crippen molar-refractivity contribution in [3.8, 4) is 28.7 Å². The van der Waals surface area contributed by atoms with E-state index in [-0.39, 0.29) is 19.1 Å². The van der Waals surface area contributed by atoms with Gasteiger partial charge in [-0.05, 0) is 79.1 Å². The van der Waals surface area contributed by atoms with Crippen molar-refractivity contribution >= 4 is 34.0 Å². The van der Waals surface area contributed by atoms with Gasteiger partial charge in [-0.2, -0.15) is 5.10 Å². The second-order valence-electron chi connectivity index (χ2n) is 7.82. The molecule has 0 aliphatic carbocycles. The van der Waals surface area contributed by atoms with Crippen LogP contribution in [-0.2, 0) is 4.79 Å². The lowest BCUT2D eigenvalue weighted by Gasteiger charge is -2.12. The first-order chi connectivity index (χ1) is 17.3. The van der Waals surface area contributed by atoms with E-state index in [0.717, 1.165) is 15.6 Å². The minimum atomic E-state index is -0.573. The first-order valence-corrected chi connectivity index (χ1v) is 11.6. The van der Waals surface area contributed by atoms with E-state index < -0.39 is 11.9 Å². The number of rotatable bonds is 8. The van der Waals surface area contributed by atoms with Crippen LogP contribution in [0.5, 0.6) is 28.7 Å². The Bertz CT molecular complexity index is 1320. The number of fused-ring (bicyclic) bond motifs is 1. The topological polar surface area (TPSA) is 105 Å². The van der Waals surface area contributed by atoms with E-state index in [4.69, 9.17) is 23.7 Å². The predicted octanol–water partition coefficient (Wildman–Crippen LogP) is 4.55. The molecule has 0 unspecified atom stereocenters. The highest BCUT2D eigenvalue weighted by molar-refractivity contribution is 9.10. The second-order valence-corrected chi connectivity index (χ2v) is 8.73. The normalized spacial score (nSPS) is 11.9. The maximum atomic E-state index is 12.6. The molecule has 36 heavy (non-hydrogen) atoms. The van der Waals surface area contributed by atoms with Crippen molar-refractivity contribution in [3.63, 3.8) is 0 Å². The van der Waals surface area contributed by atoms with E-state index in [1.54, 1.807) is 36.4 Å². The van der Waals surface area contributed by atoms with Gasteiger partial charge in [0.25, 0.3) is 5.91 Å². The van der Waals surface area contributed by atoms with Crippen LogP contribution < -0.4 is 29.1 Å². The number of benzene rings is 3. The molecule has 9 nitrogen and oxygen atoms in total. The van der Waals surface area contributed by atoms with Crippen LogP contribution in [-0.4, -0.2) is 38.6 Å². The SMILES string of the molecule is COc1cc(C=NNC(=O)COc2c(C)cc(Br)cc2C)ccc1OC(=O)c1ccc2c(c1)OCO2. The van der Waals surface area contributed by atoms with Crippen LogP contribution in [0.15, 0.2) is 58.1 Å². The van der Waals surface area contributed by atoms with E-state index in [1.165, 1.54) is 13.3 Å². The van der Waals surface area contributed by atoms with Crippen molar-refractivity contribution in [2.45, 2.75) is 13.8 Å². The molecule has 1 aliphatic heterocycles. The maximum absolute atomic E-state index is 12.6. The van der Waals surface area contributed by atoms with Gasteiger partial charge in [-0.3, -0.25) is 4.79 Å². The van der Waals surface area contributed by atoms with Crippen molar-refractivity contribution in [3.05, 3.63) is 75.3 Å². The summed E-state index contributed by atoms with van der Waals surface area (Å²) in [5.74, 6) is 1.29. The van der Waals surface area contributed by atoms with Crippen molar-refractivity contribution in [1.82, 2.24) is 5.43 Å². The molecule has 1 heterocycles. The van der Waals surface area contributed by atoms with Crippen LogP contribution in [0.25, 0.3) is 0 Å². The number of aryl methyl sites for hydroxylation is 2. The lowest BCUT2D eigenvalue weighted by atomic mass is 10.1. The largest absolute Gasteiger partial charge is 0.493 e. The summed E-state index contributed by atoms with van der Waals surface area (Å²) in [5.41, 5.74) is 5.20. The lowest BCUT2D eigenvalue weighted by Crippen LogP contribution is -2.25. The van der Waals surface area contributed by atoms with E-state index in [0.29, 0.717) is 34.1 Å². The molecule has 0 saturated carbocycles. The highest BCUT2D eigenvalue weighted by Gasteiger charge is 2.18. The minimum absolute atomic E-state index is 0.114. The van der Waals surface area contributed by atoms with Crippen molar-refractivity contribution in [1.29, 1.82) is 0 Å². The quantitative estimate of drug-likeness (QED) is 0.188. The van der Waals surface area contributed by atoms with Crippen LogP contribution in [0, 0.1) is 13.8 Å². The molecule has 1 N–H and O–H groups in total. The van der Waals surface area contributed by atoms with E-state index in [1.807, 2.05) is 26.0 Å². The molecule has 0 spiro atoms. The zero-order valence-corrected chi connectivity index (χ0v) is 21.4.